The lowest BCUT2D eigenvalue weighted by Gasteiger charge is -2.37. The van der Waals surface area contributed by atoms with Crippen LogP contribution >= 0.6 is 0 Å². The fourth-order valence-corrected chi connectivity index (χ4v) is 2.65. The third-order valence-electron chi connectivity index (χ3n) is 3.63. The Labute approximate surface area is 104 Å². The molecule has 0 bridgehead atoms. The summed E-state index contributed by atoms with van der Waals surface area (Å²) in [5.41, 5.74) is 1.29. The second kappa shape index (κ2) is 6.22. The highest BCUT2D eigenvalue weighted by Gasteiger charge is 2.25. The number of nitrogens with zero attached hydrogens (tertiary/aromatic N) is 1. The van der Waals surface area contributed by atoms with Gasteiger partial charge in [0.15, 0.2) is 0 Å². The quantitative estimate of drug-likeness (QED) is 0.851. The summed E-state index contributed by atoms with van der Waals surface area (Å²) in [7, 11) is 0. The Morgan fingerprint density at radius 1 is 1.53 bits per heavy atom. The Balaban J connectivity index is 1.78. The van der Waals surface area contributed by atoms with Crippen LogP contribution in [-0.2, 0) is 6.54 Å². The standard InChI is InChI=1S/C14H24N2O/c1-3-6-15-14-4-7-16(9-12(14)2)10-13-5-8-17-11-13/h5,8,11-12,14-15H,3-4,6-7,9-10H2,1-2H3. The van der Waals surface area contributed by atoms with Gasteiger partial charge in [0.05, 0.1) is 12.5 Å². The van der Waals surface area contributed by atoms with Crippen LogP contribution in [0.1, 0.15) is 32.3 Å². The van der Waals surface area contributed by atoms with Crippen molar-refractivity contribution >= 4 is 0 Å². The highest BCUT2D eigenvalue weighted by atomic mass is 16.3. The van der Waals surface area contributed by atoms with E-state index in [1.54, 1.807) is 6.26 Å². The molecular formula is C14H24N2O. The molecule has 1 saturated heterocycles. The van der Waals surface area contributed by atoms with Crippen LogP contribution < -0.4 is 5.32 Å². The van der Waals surface area contributed by atoms with Crippen LogP contribution in [0.15, 0.2) is 23.0 Å². The first-order valence-corrected chi connectivity index (χ1v) is 6.76. The first-order valence-electron chi connectivity index (χ1n) is 6.76. The SMILES string of the molecule is CCCNC1CCN(Cc2ccoc2)CC1C. The molecule has 1 aromatic heterocycles. The van der Waals surface area contributed by atoms with Crippen molar-refractivity contribution in [3.05, 3.63) is 24.2 Å². The Morgan fingerprint density at radius 3 is 3.06 bits per heavy atom. The number of hydrogen-bond donors (Lipinski definition) is 1. The van der Waals surface area contributed by atoms with Crippen molar-refractivity contribution in [2.24, 2.45) is 5.92 Å². The van der Waals surface area contributed by atoms with E-state index in [2.05, 4.69) is 30.1 Å². The summed E-state index contributed by atoms with van der Waals surface area (Å²) < 4.78 is 5.12. The van der Waals surface area contributed by atoms with Crippen LogP contribution in [0, 0.1) is 5.92 Å². The molecule has 0 aromatic carbocycles. The molecule has 1 aliphatic rings. The van der Waals surface area contributed by atoms with Crippen LogP contribution in [0.25, 0.3) is 0 Å². The number of piperidine rings is 1. The van der Waals surface area contributed by atoms with Crippen molar-refractivity contribution < 1.29 is 4.42 Å². The lowest BCUT2D eigenvalue weighted by Crippen LogP contribution is -2.48. The van der Waals surface area contributed by atoms with Crippen molar-refractivity contribution in [1.82, 2.24) is 10.2 Å². The molecule has 3 nitrogen and oxygen atoms in total. The molecule has 0 amide bonds. The second-order valence-electron chi connectivity index (χ2n) is 5.19. The molecule has 0 spiro atoms. The van der Waals surface area contributed by atoms with Gasteiger partial charge in [0.25, 0.3) is 0 Å². The lowest BCUT2D eigenvalue weighted by molar-refractivity contribution is 0.141. The van der Waals surface area contributed by atoms with Crippen LogP contribution in [0.5, 0.6) is 0 Å². The van der Waals surface area contributed by atoms with Gasteiger partial charge >= 0.3 is 0 Å². The van der Waals surface area contributed by atoms with Gasteiger partial charge < -0.3 is 9.73 Å². The summed E-state index contributed by atoms with van der Waals surface area (Å²) in [5, 5.41) is 3.66. The minimum atomic E-state index is 0.704. The summed E-state index contributed by atoms with van der Waals surface area (Å²) in [6.07, 6.45) is 6.10. The Morgan fingerprint density at radius 2 is 2.41 bits per heavy atom. The zero-order chi connectivity index (χ0) is 12.1. The third-order valence-corrected chi connectivity index (χ3v) is 3.63. The lowest BCUT2D eigenvalue weighted by atomic mass is 9.93. The minimum absolute atomic E-state index is 0.704. The summed E-state index contributed by atoms with van der Waals surface area (Å²) in [6, 6.07) is 2.77. The monoisotopic (exact) mass is 236 g/mol. The Bertz CT molecular complexity index is 310. The van der Waals surface area contributed by atoms with E-state index in [0.29, 0.717) is 6.04 Å². The normalized spacial score (nSPS) is 26.2. The van der Waals surface area contributed by atoms with Gasteiger partial charge in [-0.2, -0.15) is 0 Å². The van der Waals surface area contributed by atoms with Crippen molar-refractivity contribution in [2.45, 2.75) is 39.3 Å². The van der Waals surface area contributed by atoms with E-state index < -0.39 is 0 Å². The topological polar surface area (TPSA) is 28.4 Å². The molecule has 1 aliphatic heterocycles. The van der Waals surface area contributed by atoms with E-state index in [-0.39, 0.29) is 0 Å². The largest absolute Gasteiger partial charge is 0.472 e. The van der Waals surface area contributed by atoms with Crippen molar-refractivity contribution in [3.8, 4) is 0 Å². The number of nitrogens with one attached hydrogen (secondary N) is 1. The molecule has 0 saturated carbocycles. The Kier molecular flexibility index (Phi) is 4.63. The smallest absolute Gasteiger partial charge is 0.0947 e. The molecule has 2 unspecified atom stereocenters. The highest BCUT2D eigenvalue weighted by molar-refractivity contribution is 5.05. The summed E-state index contributed by atoms with van der Waals surface area (Å²) in [4.78, 5) is 2.53. The molecule has 17 heavy (non-hydrogen) atoms. The van der Waals surface area contributed by atoms with Gasteiger partial charge in [-0.15, -0.1) is 0 Å². The predicted molar refractivity (Wildman–Crippen MR) is 69.8 cm³/mol. The van der Waals surface area contributed by atoms with E-state index in [1.165, 1.54) is 31.5 Å². The van der Waals surface area contributed by atoms with E-state index in [9.17, 15) is 0 Å². The molecule has 2 rings (SSSR count). The number of hydrogen-bond acceptors (Lipinski definition) is 3. The van der Waals surface area contributed by atoms with Crippen molar-refractivity contribution in [2.75, 3.05) is 19.6 Å². The van der Waals surface area contributed by atoms with E-state index in [1.807, 2.05) is 6.26 Å². The summed E-state index contributed by atoms with van der Waals surface area (Å²) in [5.74, 6) is 0.738. The van der Waals surface area contributed by atoms with Gasteiger partial charge in [-0.05, 0) is 37.9 Å². The van der Waals surface area contributed by atoms with Gasteiger partial charge in [0.2, 0.25) is 0 Å². The zero-order valence-electron chi connectivity index (χ0n) is 11.0. The zero-order valence-corrected chi connectivity index (χ0v) is 11.0. The van der Waals surface area contributed by atoms with E-state index in [0.717, 1.165) is 19.0 Å². The average Bonchev–Trinajstić information content (AvgIpc) is 2.81. The maximum atomic E-state index is 5.12. The molecule has 0 aliphatic carbocycles. The molecule has 3 heteroatoms. The average molecular weight is 236 g/mol. The number of likely N-dealkylation sites (tertiary alicyclic amines) is 1. The minimum Gasteiger partial charge on any atom is -0.472 e. The highest BCUT2D eigenvalue weighted by Crippen LogP contribution is 2.19. The van der Waals surface area contributed by atoms with Gasteiger partial charge in [0, 0.05) is 24.7 Å². The molecule has 0 radical (unpaired) electrons. The fraction of sp³-hybridized carbons (Fsp3) is 0.714. The molecule has 2 heterocycles. The van der Waals surface area contributed by atoms with E-state index in [4.69, 9.17) is 4.42 Å². The van der Waals surface area contributed by atoms with E-state index >= 15 is 0 Å². The molecular weight excluding hydrogens is 212 g/mol. The molecule has 1 fully saturated rings. The van der Waals surface area contributed by atoms with Gasteiger partial charge in [-0.25, -0.2) is 0 Å². The number of furan rings is 1. The number of rotatable bonds is 5. The van der Waals surface area contributed by atoms with Crippen LogP contribution in [0.4, 0.5) is 0 Å². The van der Waals surface area contributed by atoms with Crippen molar-refractivity contribution in [3.63, 3.8) is 0 Å². The summed E-state index contributed by atoms with van der Waals surface area (Å²) in [6.45, 7) is 9.14. The van der Waals surface area contributed by atoms with Crippen LogP contribution in [0.3, 0.4) is 0 Å². The maximum Gasteiger partial charge on any atom is 0.0947 e. The van der Waals surface area contributed by atoms with Gasteiger partial charge in [-0.1, -0.05) is 13.8 Å². The first-order chi connectivity index (χ1) is 8.29. The van der Waals surface area contributed by atoms with Gasteiger partial charge in [0.1, 0.15) is 0 Å². The van der Waals surface area contributed by atoms with Crippen LogP contribution in [0.2, 0.25) is 0 Å². The molecule has 1 N–H and O–H groups in total. The maximum absolute atomic E-state index is 5.12. The predicted octanol–water partition coefficient (Wildman–Crippen LogP) is 2.49. The summed E-state index contributed by atoms with van der Waals surface area (Å²) >= 11 is 0. The third kappa shape index (κ3) is 3.58. The molecule has 2 atom stereocenters. The van der Waals surface area contributed by atoms with Crippen LogP contribution in [-0.4, -0.2) is 30.6 Å². The second-order valence-corrected chi connectivity index (χ2v) is 5.19. The fourth-order valence-electron chi connectivity index (χ4n) is 2.65. The van der Waals surface area contributed by atoms with Crippen molar-refractivity contribution in [1.29, 1.82) is 0 Å². The Hall–Kier alpha value is -0.800. The molecule has 1 aromatic rings. The first kappa shape index (κ1) is 12.7. The van der Waals surface area contributed by atoms with Gasteiger partial charge in [-0.3, -0.25) is 4.90 Å². The molecule has 96 valence electrons.